The number of anilines is 4. The van der Waals surface area contributed by atoms with Gasteiger partial charge in [0.2, 0.25) is 0 Å². The highest BCUT2D eigenvalue weighted by Gasteiger charge is 2.02. The molecule has 4 nitrogen and oxygen atoms in total. The van der Waals surface area contributed by atoms with Gasteiger partial charge >= 0.3 is 0 Å². The van der Waals surface area contributed by atoms with Crippen molar-refractivity contribution in [2.45, 2.75) is 0 Å². The number of rotatable bonds is 3. The number of nitrogens with zero attached hydrogens (tertiary/aromatic N) is 2. The molecule has 2 aromatic rings. The third kappa shape index (κ3) is 2.92. The number of nitrogens with one attached hydrogen (secondary N) is 1. The zero-order chi connectivity index (χ0) is 13.1. The number of aromatic nitrogens is 1. The molecule has 0 saturated heterocycles. The minimum absolute atomic E-state index is 0.612. The van der Waals surface area contributed by atoms with E-state index in [2.05, 4.69) is 31.1 Å². The van der Waals surface area contributed by atoms with Crippen LogP contribution >= 0.6 is 15.9 Å². The molecule has 0 amide bonds. The Morgan fingerprint density at radius 1 is 1.22 bits per heavy atom. The molecule has 0 atom stereocenters. The molecule has 18 heavy (non-hydrogen) atoms. The van der Waals surface area contributed by atoms with E-state index in [4.69, 9.17) is 5.73 Å². The maximum absolute atomic E-state index is 5.88. The van der Waals surface area contributed by atoms with E-state index in [0.717, 1.165) is 15.8 Å². The molecule has 0 spiro atoms. The Morgan fingerprint density at radius 2 is 1.89 bits per heavy atom. The Bertz CT molecular complexity index is 537. The Labute approximate surface area is 115 Å². The standard InChI is InChI=1S/C13H15BrN4/c1-18(2)11-5-3-10(4-6-11)17-13-12(15)7-9(14)8-16-13/h3-8H,15H2,1-2H3,(H,16,17). The summed E-state index contributed by atoms with van der Waals surface area (Å²) in [6, 6.07) is 9.90. The minimum Gasteiger partial charge on any atom is -0.396 e. The molecule has 5 heteroatoms. The average Bonchev–Trinajstić information content (AvgIpc) is 2.33. The summed E-state index contributed by atoms with van der Waals surface area (Å²) >= 11 is 3.33. The Balaban J connectivity index is 2.18. The predicted octanol–water partition coefficient (Wildman–Crippen LogP) is 3.24. The van der Waals surface area contributed by atoms with Crippen LogP contribution in [0.5, 0.6) is 0 Å². The van der Waals surface area contributed by atoms with Gasteiger partial charge in [0.25, 0.3) is 0 Å². The van der Waals surface area contributed by atoms with E-state index in [-0.39, 0.29) is 0 Å². The molecule has 0 saturated carbocycles. The SMILES string of the molecule is CN(C)c1ccc(Nc2ncc(Br)cc2N)cc1. The normalized spacial score (nSPS) is 10.2. The molecule has 0 fully saturated rings. The quantitative estimate of drug-likeness (QED) is 0.914. The van der Waals surface area contributed by atoms with Gasteiger partial charge in [-0.2, -0.15) is 0 Å². The smallest absolute Gasteiger partial charge is 0.153 e. The van der Waals surface area contributed by atoms with Crippen molar-refractivity contribution in [1.29, 1.82) is 0 Å². The van der Waals surface area contributed by atoms with Gasteiger partial charge in [-0.05, 0) is 46.3 Å². The van der Waals surface area contributed by atoms with Crippen LogP contribution in [0.2, 0.25) is 0 Å². The molecule has 3 N–H and O–H groups in total. The van der Waals surface area contributed by atoms with Crippen LogP contribution in [-0.2, 0) is 0 Å². The summed E-state index contributed by atoms with van der Waals surface area (Å²) in [6.45, 7) is 0. The fourth-order valence-electron chi connectivity index (χ4n) is 1.54. The van der Waals surface area contributed by atoms with Crippen LogP contribution < -0.4 is 16.0 Å². The Morgan fingerprint density at radius 3 is 2.44 bits per heavy atom. The molecule has 0 radical (unpaired) electrons. The maximum atomic E-state index is 5.88. The largest absolute Gasteiger partial charge is 0.396 e. The van der Waals surface area contributed by atoms with E-state index < -0.39 is 0 Å². The monoisotopic (exact) mass is 306 g/mol. The molecule has 1 aromatic carbocycles. The van der Waals surface area contributed by atoms with Gasteiger partial charge in [0.1, 0.15) is 0 Å². The van der Waals surface area contributed by atoms with Crippen LogP contribution in [-0.4, -0.2) is 19.1 Å². The molecule has 0 unspecified atom stereocenters. The maximum Gasteiger partial charge on any atom is 0.153 e. The molecule has 0 aliphatic carbocycles. The van der Waals surface area contributed by atoms with Gasteiger partial charge in [-0.15, -0.1) is 0 Å². The highest BCUT2D eigenvalue weighted by Crippen LogP contribution is 2.24. The van der Waals surface area contributed by atoms with E-state index in [0.29, 0.717) is 11.5 Å². The van der Waals surface area contributed by atoms with Crippen LogP contribution in [0.25, 0.3) is 0 Å². The fourth-order valence-corrected chi connectivity index (χ4v) is 1.89. The van der Waals surface area contributed by atoms with Crippen LogP contribution in [0, 0.1) is 0 Å². The predicted molar refractivity (Wildman–Crippen MR) is 80.4 cm³/mol. The molecule has 0 aliphatic rings. The number of benzene rings is 1. The number of hydrogen-bond donors (Lipinski definition) is 2. The van der Waals surface area contributed by atoms with Gasteiger partial charge in [-0.1, -0.05) is 0 Å². The number of nitrogen functional groups attached to an aromatic ring is 1. The van der Waals surface area contributed by atoms with E-state index in [1.165, 1.54) is 0 Å². The molecule has 0 aliphatic heterocycles. The number of nitrogens with two attached hydrogens (primary N) is 1. The highest BCUT2D eigenvalue weighted by molar-refractivity contribution is 9.10. The van der Waals surface area contributed by atoms with Crippen molar-refractivity contribution in [3.05, 3.63) is 41.0 Å². The van der Waals surface area contributed by atoms with Crippen molar-refractivity contribution in [1.82, 2.24) is 4.98 Å². The first-order valence-corrected chi connectivity index (χ1v) is 6.31. The lowest BCUT2D eigenvalue weighted by atomic mass is 10.2. The van der Waals surface area contributed by atoms with E-state index in [1.54, 1.807) is 6.20 Å². The summed E-state index contributed by atoms with van der Waals surface area (Å²) in [5.41, 5.74) is 8.61. The van der Waals surface area contributed by atoms with Gasteiger partial charge in [0.05, 0.1) is 5.69 Å². The van der Waals surface area contributed by atoms with E-state index in [9.17, 15) is 0 Å². The highest BCUT2D eigenvalue weighted by atomic mass is 79.9. The summed E-state index contributed by atoms with van der Waals surface area (Å²) in [7, 11) is 4.02. The zero-order valence-corrected chi connectivity index (χ0v) is 11.9. The van der Waals surface area contributed by atoms with Gasteiger partial charge < -0.3 is 16.0 Å². The topological polar surface area (TPSA) is 54.2 Å². The molecule has 1 heterocycles. The van der Waals surface area contributed by atoms with E-state index >= 15 is 0 Å². The second-order valence-corrected chi connectivity index (χ2v) is 5.07. The minimum atomic E-state index is 0.612. The number of hydrogen-bond acceptors (Lipinski definition) is 4. The first-order valence-electron chi connectivity index (χ1n) is 5.51. The molecule has 94 valence electrons. The van der Waals surface area contributed by atoms with Crippen LogP contribution in [0.15, 0.2) is 41.0 Å². The van der Waals surface area contributed by atoms with Gasteiger partial charge in [0.15, 0.2) is 5.82 Å². The van der Waals surface area contributed by atoms with Crippen LogP contribution in [0.1, 0.15) is 0 Å². The second kappa shape index (κ2) is 5.27. The lowest BCUT2D eigenvalue weighted by Crippen LogP contribution is -2.08. The first kappa shape index (κ1) is 12.7. The molecular weight excluding hydrogens is 292 g/mol. The molecule has 2 rings (SSSR count). The third-order valence-electron chi connectivity index (χ3n) is 2.53. The van der Waals surface area contributed by atoms with Crippen molar-refractivity contribution >= 4 is 38.8 Å². The van der Waals surface area contributed by atoms with Crippen molar-refractivity contribution in [2.24, 2.45) is 0 Å². The van der Waals surface area contributed by atoms with Gasteiger partial charge in [-0.25, -0.2) is 4.98 Å². The molecular formula is C13H15BrN4. The second-order valence-electron chi connectivity index (χ2n) is 4.16. The number of halogens is 1. The van der Waals surface area contributed by atoms with Crippen molar-refractivity contribution in [3.8, 4) is 0 Å². The third-order valence-corrected chi connectivity index (χ3v) is 2.96. The lowest BCUT2D eigenvalue weighted by molar-refractivity contribution is 1.13. The summed E-state index contributed by atoms with van der Waals surface area (Å²) in [6.07, 6.45) is 1.72. The van der Waals surface area contributed by atoms with Crippen molar-refractivity contribution in [2.75, 3.05) is 30.0 Å². The van der Waals surface area contributed by atoms with E-state index in [1.807, 2.05) is 44.4 Å². The first-order chi connectivity index (χ1) is 8.56. The molecule has 1 aromatic heterocycles. The summed E-state index contributed by atoms with van der Waals surface area (Å²) in [5, 5.41) is 3.19. The van der Waals surface area contributed by atoms with Crippen molar-refractivity contribution < 1.29 is 0 Å². The lowest BCUT2D eigenvalue weighted by Gasteiger charge is -2.13. The van der Waals surface area contributed by atoms with Gasteiger partial charge in [0, 0.05) is 36.1 Å². The summed E-state index contributed by atoms with van der Waals surface area (Å²) in [5.74, 6) is 0.663. The zero-order valence-electron chi connectivity index (χ0n) is 10.3. The average molecular weight is 307 g/mol. The van der Waals surface area contributed by atoms with Crippen LogP contribution in [0.4, 0.5) is 22.9 Å². The van der Waals surface area contributed by atoms with Gasteiger partial charge in [-0.3, -0.25) is 0 Å². The molecule has 0 bridgehead atoms. The summed E-state index contributed by atoms with van der Waals surface area (Å²) in [4.78, 5) is 6.29. The number of pyridine rings is 1. The Kier molecular flexibility index (Phi) is 3.72. The Hall–Kier alpha value is -1.75. The fraction of sp³-hybridized carbons (Fsp3) is 0.154. The van der Waals surface area contributed by atoms with Crippen LogP contribution in [0.3, 0.4) is 0 Å². The van der Waals surface area contributed by atoms with Crippen molar-refractivity contribution in [3.63, 3.8) is 0 Å². The summed E-state index contributed by atoms with van der Waals surface area (Å²) < 4.78 is 0.869.